The van der Waals surface area contributed by atoms with Crippen molar-refractivity contribution >= 4 is 17.5 Å². The molecule has 2 N–H and O–H groups in total. The molecule has 1 aromatic carbocycles. The lowest BCUT2D eigenvalue weighted by Gasteiger charge is -2.21. The molecule has 1 saturated heterocycles. The van der Waals surface area contributed by atoms with Crippen molar-refractivity contribution in [2.75, 3.05) is 19.8 Å². The largest absolute Gasteiger partial charge is 0.477 e. The first-order valence-corrected chi connectivity index (χ1v) is 12.1. The number of hydrogen-bond donors (Lipinski definition) is 2. The van der Waals surface area contributed by atoms with Crippen molar-refractivity contribution < 1.29 is 14.3 Å². The van der Waals surface area contributed by atoms with E-state index in [1.807, 2.05) is 32.0 Å². The second-order valence-corrected chi connectivity index (χ2v) is 9.33. The molecule has 0 radical (unpaired) electrons. The van der Waals surface area contributed by atoms with Crippen molar-refractivity contribution in [3.8, 4) is 28.5 Å². The number of hydrogen-bond acceptors (Lipinski definition) is 6. The Morgan fingerprint density at radius 3 is 2.74 bits per heavy atom. The zero-order chi connectivity index (χ0) is 24.8. The highest BCUT2D eigenvalue weighted by Crippen LogP contribution is 2.28. The van der Waals surface area contributed by atoms with E-state index in [2.05, 4.69) is 20.3 Å². The summed E-state index contributed by atoms with van der Waals surface area (Å²) in [4.78, 5) is 36.1. The van der Waals surface area contributed by atoms with E-state index in [9.17, 15) is 9.59 Å². The van der Waals surface area contributed by atoms with Gasteiger partial charge >= 0.3 is 0 Å². The van der Waals surface area contributed by atoms with Gasteiger partial charge < -0.3 is 19.8 Å². The van der Waals surface area contributed by atoms with Gasteiger partial charge in [-0.3, -0.25) is 9.59 Å². The van der Waals surface area contributed by atoms with Gasteiger partial charge in [0.2, 0.25) is 11.8 Å². The van der Waals surface area contributed by atoms with Crippen LogP contribution in [0.1, 0.15) is 32.3 Å². The Kier molecular flexibility index (Phi) is 8.15. The van der Waals surface area contributed by atoms with Crippen molar-refractivity contribution in [1.82, 2.24) is 20.3 Å². The minimum absolute atomic E-state index is 0.0392. The van der Waals surface area contributed by atoms with Crippen LogP contribution >= 0.6 is 11.6 Å². The van der Waals surface area contributed by atoms with Crippen molar-refractivity contribution in [3.05, 3.63) is 63.5 Å². The number of aromatic amines is 1. The summed E-state index contributed by atoms with van der Waals surface area (Å²) in [6.45, 7) is 6.18. The number of rotatable bonds is 8. The smallest absolute Gasteiger partial charge is 0.251 e. The SMILES string of the molecule is CC(C)C(=O)NCc1ccc(Cl)c(-c2nc(-c3ccc(OCC4CCOCC4)nc3)cc(=O)[nH]2)c1. The quantitative estimate of drug-likeness (QED) is 0.483. The highest BCUT2D eigenvalue weighted by molar-refractivity contribution is 6.33. The Bertz CT molecular complexity index is 1220. The summed E-state index contributed by atoms with van der Waals surface area (Å²) >= 11 is 6.43. The zero-order valence-electron chi connectivity index (χ0n) is 19.8. The van der Waals surface area contributed by atoms with E-state index in [0.29, 0.717) is 52.6 Å². The summed E-state index contributed by atoms with van der Waals surface area (Å²) in [5.74, 6) is 1.20. The highest BCUT2D eigenvalue weighted by Gasteiger charge is 2.15. The number of ether oxygens (including phenoxy) is 2. The monoisotopic (exact) mass is 496 g/mol. The van der Waals surface area contributed by atoms with Crippen LogP contribution < -0.4 is 15.6 Å². The molecule has 0 bridgehead atoms. The standard InChI is InChI=1S/C26H29ClN4O4/c1-16(2)26(33)29-13-18-3-5-21(27)20(11-18)25-30-22(12-23(32)31-25)19-4-6-24(28-14-19)35-15-17-7-9-34-10-8-17/h3-6,11-12,14,16-17H,7-10,13,15H2,1-2H3,(H,29,33)(H,30,31,32). The van der Waals surface area contributed by atoms with Gasteiger partial charge in [0.1, 0.15) is 5.82 Å². The second kappa shape index (κ2) is 11.5. The molecule has 0 saturated carbocycles. The molecular weight excluding hydrogens is 468 g/mol. The van der Waals surface area contributed by atoms with E-state index in [4.69, 9.17) is 21.1 Å². The predicted molar refractivity (Wildman–Crippen MR) is 134 cm³/mol. The number of nitrogens with zero attached hydrogens (tertiary/aromatic N) is 2. The van der Waals surface area contributed by atoms with E-state index >= 15 is 0 Å². The molecule has 1 amide bonds. The molecule has 1 fully saturated rings. The van der Waals surface area contributed by atoms with Crippen LogP contribution in [0.5, 0.6) is 5.88 Å². The molecule has 0 atom stereocenters. The number of nitrogens with one attached hydrogen (secondary N) is 2. The lowest BCUT2D eigenvalue weighted by atomic mass is 10.0. The number of carbonyl (C=O) groups is 1. The van der Waals surface area contributed by atoms with Crippen LogP contribution in [0, 0.1) is 11.8 Å². The molecule has 35 heavy (non-hydrogen) atoms. The average molecular weight is 497 g/mol. The van der Waals surface area contributed by atoms with Gasteiger partial charge in [0, 0.05) is 55.1 Å². The van der Waals surface area contributed by atoms with Gasteiger partial charge in [-0.25, -0.2) is 9.97 Å². The van der Waals surface area contributed by atoms with Gasteiger partial charge in [-0.1, -0.05) is 31.5 Å². The molecule has 1 aliphatic rings. The summed E-state index contributed by atoms with van der Waals surface area (Å²) < 4.78 is 11.2. The molecule has 4 rings (SSSR count). The molecule has 184 valence electrons. The summed E-state index contributed by atoms with van der Waals surface area (Å²) in [5.41, 5.74) is 2.28. The van der Waals surface area contributed by atoms with Gasteiger partial charge in [-0.15, -0.1) is 0 Å². The number of halogens is 1. The molecule has 3 aromatic rings. The maximum atomic E-state index is 12.4. The lowest BCUT2D eigenvalue weighted by molar-refractivity contribution is -0.124. The van der Waals surface area contributed by atoms with Crippen molar-refractivity contribution in [3.63, 3.8) is 0 Å². The first-order valence-electron chi connectivity index (χ1n) is 11.7. The topological polar surface area (TPSA) is 106 Å². The Balaban J connectivity index is 1.51. The van der Waals surface area contributed by atoms with Crippen LogP contribution in [0.25, 0.3) is 22.6 Å². The number of H-pyrrole nitrogens is 1. The van der Waals surface area contributed by atoms with E-state index in [0.717, 1.165) is 31.6 Å². The first-order chi connectivity index (χ1) is 16.9. The number of aromatic nitrogens is 3. The summed E-state index contributed by atoms with van der Waals surface area (Å²) in [7, 11) is 0. The molecule has 0 spiro atoms. The normalized spacial score (nSPS) is 14.2. The Hall–Kier alpha value is -3.23. The Morgan fingerprint density at radius 2 is 2.03 bits per heavy atom. The van der Waals surface area contributed by atoms with Crippen LogP contribution in [0.4, 0.5) is 0 Å². The average Bonchev–Trinajstić information content (AvgIpc) is 2.87. The summed E-state index contributed by atoms with van der Waals surface area (Å²) in [6, 6.07) is 10.4. The third-order valence-electron chi connectivity index (χ3n) is 5.86. The third kappa shape index (κ3) is 6.68. The van der Waals surface area contributed by atoms with Gasteiger partial charge in [0.15, 0.2) is 0 Å². The molecule has 2 aromatic heterocycles. The van der Waals surface area contributed by atoms with E-state index < -0.39 is 0 Å². The van der Waals surface area contributed by atoms with Crippen molar-refractivity contribution in [1.29, 1.82) is 0 Å². The van der Waals surface area contributed by atoms with Gasteiger partial charge in [-0.05, 0) is 42.5 Å². The molecule has 0 aliphatic carbocycles. The Labute approximate surface area is 209 Å². The zero-order valence-corrected chi connectivity index (χ0v) is 20.6. The van der Waals surface area contributed by atoms with E-state index in [1.54, 1.807) is 18.3 Å². The van der Waals surface area contributed by atoms with Crippen LogP contribution in [-0.4, -0.2) is 40.7 Å². The molecule has 3 heterocycles. The molecule has 9 heteroatoms. The van der Waals surface area contributed by atoms with Crippen LogP contribution in [0.15, 0.2) is 47.4 Å². The fourth-order valence-corrected chi connectivity index (χ4v) is 3.93. The van der Waals surface area contributed by atoms with Crippen molar-refractivity contribution in [2.45, 2.75) is 33.2 Å². The number of benzene rings is 1. The fraction of sp³-hybridized carbons (Fsp3) is 0.385. The van der Waals surface area contributed by atoms with Crippen LogP contribution in [0.2, 0.25) is 5.02 Å². The summed E-state index contributed by atoms with van der Waals surface area (Å²) in [6.07, 6.45) is 3.63. The van der Waals surface area contributed by atoms with Gasteiger partial charge in [0.25, 0.3) is 5.56 Å². The Morgan fingerprint density at radius 1 is 1.23 bits per heavy atom. The summed E-state index contributed by atoms with van der Waals surface area (Å²) in [5, 5.41) is 3.32. The maximum Gasteiger partial charge on any atom is 0.251 e. The van der Waals surface area contributed by atoms with Crippen LogP contribution in [0.3, 0.4) is 0 Å². The molecule has 1 aliphatic heterocycles. The predicted octanol–water partition coefficient (Wildman–Crippen LogP) is 4.23. The van der Waals surface area contributed by atoms with Crippen molar-refractivity contribution in [2.24, 2.45) is 11.8 Å². The minimum atomic E-state index is -0.306. The number of carbonyl (C=O) groups excluding carboxylic acids is 1. The van der Waals surface area contributed by atoms with Gasteiger partial charge in [0.05, 0.1) is 17.3 Å². The third-order valence-corrected chi connectivity index (χ3v) is 6.19. The number of pyridine rings is 1. The number of amides is 1. The molecule has 0 unspecified atom stereocenters. The lowest BCUT2D eigenvalue weighted by Crippen LogP contribution is -2.27. The maximum absolute atomic E-state index is 12.4. The first kappa shape index (κ1) is 24.9. The van der Waals surface area contributed by atoms with Gasteiger partial charge in [-0.2, -0.15) is 0 Å². The molecule has 8 nitrogen and oxygen atoms in total. The van der Waals surface area contributed by atoms with E-state index in [-0.39, 0.29) is 17.4 Å². The molecular formula is C26H29ClN4O4. The fourth-order valence-electron chi connectivity index (χ4n) is 3.72. The minimum Gasteiger partial charge on any atom is -0.477 e. The second-order valence-electron chi connectivity index (χ2n) is 8.92. The highest BCUT2D eigenvalue weighted by atomic mass is 35.5. The van der Waals surface area contributed by atoms with E-state index in [1.165, 1.54) is 6.07 Å². The van der Waals surface area contributed by atoms with Crippen LogP contribution in [-0.2, 0) is 16.1 Å².